The molecule has 1 N–H and O–H groups in total. The summed E-state index contributed by atoms with van der Waals surface area (Å²) in [5.74, 6) is -0.220. The van der Waals surface area contributed by atoms with Crippen LogP contribution in [0.1, 0.15) is 32.6 Å². The van der Waals surface area contributed by atoms with E-state index in [1.54, 1.807) is 0 Å². The lowest BCUT2D eigenvalue weighted by Gasteiger charge is -2.32. The first-order chi connectivity index (χ1) is 6.67. The van der Waals surface area contributed by atoms with Crippen LogP contribution in [0.25, 0.3) is 0 Å². The Morgan fingerprint density at radius 1 is 1.43 bits per heavy atom. The lowest BCUT2D eigenvalue weighted by atomic mass is 9.75. The van der Waals surface area contributed by atoms with Crippen LogP contribution in [0.4, 0.5) is 0 Å². The fourth-order valence-electron chi connectivity index (χ4n) is 2.86. The van der Waals surface area contributed by atoms with E-state index in [9.17, 15) is 4.79 Å². The molecule has 2 fully saturated rings. The monoisotopic (exact) mass is 198 g/mol. The summed E-state index contributed by atoms with van der Waals surface area (Å²) in [5.41, 5.74) is 0.121. The Morgan fingerprint density at radius 3 is 2.43 bits per heavy atom. The highest BCUT2D eigenvalue weighted by atomic mass is 16.5. The predicted molar refractivity (Wildman–Crippen MR) is 52.0 cm³/mol. The average Bonchev–Trinajstić information content (AvgIpc) is 2.99. The van der Waals surface area contributed by atoms with Gasteiger partial charge in [0.25, 0.3) is 0 Å². The zero-order valence-electron chi connectivity index (χ0n) is 8.66. The van der Waals surface area contributed by atoms with Gasteiger partial charge in [-0.05, 0) is 37.0 Å². The van der Waals surface area contributed by atoms with Crippen molar-refractivity contribution in [3.63, 3.8) is 0 Å². The average molecular weight is 198 g/mol. The number of carboxylic acid groups (broad SMARTS) is 1. The van der Waals surface area contributed by atoms with Crippen molar-refractivity contribution in [2.24, 2.45) is 17.3 Å². The van der Waals surface area contributed by atoms with Crippen LogP contribution in [0, 0.1) is 17.3 Å². The minimum Gasteiger partial charge on any atom is -0.481 e. The standard InChI is InChI=1S/C11H18O3/c1-8(10(12)13)11(4-5-11)9-2-6-14-7-3-9/h8-9H,2-7H2,1H3,(H,12,13). The first kappa shape index (κ1) is 9.97. The first-order valence-electron chi connectivity index (χ1n) is 5.47. The van der Waals surface area contributed by atoms with Crippen molar-refractivity contribution >= 4 is 5.97 Å². The van der Waals surface area contributed by atoms with E-state index in [1.165, 1.54) is 0 Å². The van der Waals surface area contributed by atoms with E-state index in [4.69, 9.17) is 9.84 Å². The van der Waals surface area contributed by atoms with Crippen molar-refractivity contribution < 1.29 is 14.6 Å². The summed E-state index contributed by atoms with van der Waals surface area (Å²) in [6.45, 7) is 3.50. The Kier molecular flexibility index (Phi) is 2.52. The predicted octanol–water partition coefficient (Wildman–Crippen LogP) is 1.91. The smallest absolute Gasteiger partial charge is 0.306 e. The minimum atomic E-state index is -0.631. The van der Waals surface area contributed by atoms with Gasteiger partial charge >= 0.3 is 5.97 Å². The number of aliphatic carboxylic acids is 1. The third-order valence-corrected chi connectivity index (χ3v) is 4.09. The highest BCUT2D eigenvalue weighted by Gasteiger charge is 2.55. The molecule has 0 aromatic carbocycles. The van der Waals surface area contributed by atoms with Crippen LogP contribution in [0.15, 0.2) is 0 Å². The summed E-state index contributed by atoms with van der Waals surface area (Å²) >= 11 is 0. The topological polar surface area (TPSA) is 46.5 Å². The SMILES string of the molecule is CC(C(=O)O)C1(C2CCOCC2)CC1. The van der Waals surface area contributed by atoms with Crippen molar-refractivity contribution in [2.45, 2.75) is 32.6 Å². The van der Waals surface area contributed by atoms with E-state index in [-0.39, 0.29) is 11.3 Å². The van der Waals surface area contributed by atoms with E-state index in [0.29, 0.717) is 5.92 Å². The maximum Gasteiger partial charge on any atom is 0.306 e. The molecule has 1 unspecified atom stereocenters. The van der Waals surface area contributed by atoms with Gasteiger partial charge < -0.3 is 9.84 Å². The van der Waals surface area contributed by atoms with Gasteiger partial charge in [0.05, 0.1) is 5.92 Å². The largest absolute Gasteiger partial charge is 0.481 e. The van der Waals surface area contributed by atoms with Crippen LogP contribution in [-0.4, -0.2) is 24.3 Å². The fraction of sp³-hybridized carbons (Fsp3) is 0.909. The van der Waals surface area contributed by atoms with E-state index >= 15 is 0 Å². The molecular weight excluding hydrogens is 180 g/mol. The summed E-state index contributed by atoms with van der Waals surface area (Å²) in [5, 5.41) is 9.06. The highest BCUT2D eigenvalue weighted by Crippen LogP contribution is 2.60. The third-order valence-electron chi connectivity index (χ3n) is 4.09. The van der Waals surface area contributed by atoms with E-state index in [1.807, 2.05) is 6.92 Å². The van der Waals surface area contributed by atoms with Crippen molar-refractivity contribution in [3.05, 3.63) is 0 Å². The lowest BCUT2D eigenvalue weighted by Crippen LogP contribution is -2.32. The molecule has 0 amide bonds. The van der Waals surface area contributed by atoms with Gasteiger partial charge in [-0.25, -0.2) is 0 Å². The van der Waals surface area contributed by atoms with Crippen molar-refractivity contribution in [1.29, 1.82) is 0 Å². The number of rotatable bonds is 3. The van der Waals surface area contributed by atoms with Gasteiger partial charge in [-0.1, -0.05) is 6.92 Å². The van der Waals surface area contributed by atoms with Crippen LogP contribution in [0.5, 0.6) is 0 Å². The number of hydrogen-bond acceptors (Lipinski definition) is 2. The van der Waals surface area contributed by atoms with Crippen LogP contribution >= 0.6 is 0 Å². The fourth-order valence-corrected chi connectivity index (χ4v) is 2.86. The Hall–Kier alpha value is -0.570. The zero-order valence-corrected chi connectivity index (χ0v) is 8.66. The van der Waals surface area contributed by atoms with Gasteiger partial charge in [0.15, 0.2) is 0 Å². The highest BCUT2D eigenvalue weighted by molar-refractivity contribution is 5.71. The van der Waals surface area contributed by atoms with Gasteiger partial charge in [0.2, 0.25) is 0 Å². The number of hydrogen-bond donors (Lipinski definition) is 1. The van der Waals surface area contributed by atoms with Gasteiger partial charge in [0, 0.05) is 13.2 Å². The Morgan fingerprint density at radius 2 is 2.00 bits per heavy atom. The van der Waals surface area contributed by atoms with Gasteiger partial charge in [0.1, 0.15) is 0 Å². The molecule has 0 spiro atoms. The molecule has 0 bridgehead atoms. The molecule has 3 heteroatoms. The third kappa shape index (κ3) is 1.54. The lowest BCUT2D eigenvalue weighted by molar-refractivity contribution is -0.145. The molecule has 1 aliphatic carbocycles. The van der Waals surface area contributed by atoms with Crippen molar-refractivity contribution in [1.82, 2.24) is 0 Å². The molecule has 0 aromatic rings. The second-order valence-corrected chi connectivity index (χ2v) is 4.68. The van der Waals surface area contributed by atoms with Gasteiger partial charge in [-0.3, -0.25) is 4.79 Å². The van der Waals surface area contributed by atoms with Crippen molar-refractivity contribution in [2.75, 3.05) is 13.2 Å². The summed E-state index contributed by atoms with van der Waals surface area (Å²) in [6.07, 6.45) is 4.31. The van der Waals surface area contributed by atoms with Crippen LogP contribution in [0.2, 0.25) is 0 Å². The number of carbonyl (C=O) groups is 1. The van der Waals surface area contributed by atoms with Gasteiger partial charge in [-0.15, -0.1) is 0 Å². The molecule has 2 aliphatic rings. The summed E-state index contributed by atoms with van der Waals surface area (Å²) in [4.78, 5) is 11.0. The number of ether oxygens (including phenoxy) is 1. The maximum absolute atomic E-state index is 11.0. The van der Waals surface area contributed by atoms with Gasteiger partial charge in [-0.2, -0.15) is 0 Å². The first-order valence-corrected chi connectivity index (χ1v) is 5.47. The molecule has 3 nitrogen and oxygen atoms in total. The normalized spacial score (nSPS) is 28.4. The molecule has 2 rings (SSSR count). The molecular formula is C11H18O3. The van der Waals surface area contributed by atoms with Crippen LogP contribution < -0.4 is 0 Å². The van der Waals surface area contributed by atoms with E-state index < -0.39 is 5.97 Å². The second kappa shape index (κ2) is 3.54. The molecule has 1 saturated heterocycles. The van der Waals surface area contributed by atoms with E-state index in [2.05, 4.69) is 0 Å². The molecule has 0 radical (unpaired) electrons. The summed E-state index contributed by atoms with van der Waals surface area (Å²) in [6, 6.07) is 0. The molecule has 14 heavy (non-hydrogen) atoms. The minimum absolute atomic E-state index is 0.121. The van der Waals surface area contributed by atoms with Crippen LogP contribution in [-0.2, 0) is 9.53 Å². The second-order valence-electron chi connectivity index (χ2n) is 4.68. The van der Waals surface area contributed by atoms with E-state index in [0.717, 1.165) is 38.9 Å². The molecule has 1 aliphatic heterocycles. The Balaban J connectivity index is 2.03. The molecule has 0 aromatic heterocycles. The summed E-state index contributed by atoms with van der Waals surface area (Å²) in [7, 11) is 0. The zero-order chi connectivity index (χ0) is 10.2. The quantitative estimate of drug-likeness (QED) is 0.753. The van der Waals surface area contributed by atoms with Crippen molar-refractivity contribution in [3.8, 4) is 0 Å². The molecule has 1 saturated carbocycles. The number of carboxylic acids is 1. The Bertz CT molecular complexity index is 227. The van der Waals surface area contributed by atoms with Crippen LogP contribution in [0.3, 0.4) is 0 Å². The summed E-state index contributed by atoms with van der Waals surface area (Å²) < 4.78 is 5.32. The maximum atomic E-state index is 11.0. The molecule has 1 atom stereocenters. The molecule has 80 valence electrons. The molecule has 1 heterocycles. The Labute approximate surface area is 84.4 Å².